The highest BCUT2D eigenvalue weighted by molar-refractivity contribution is 5.98. The highest BCUT2D eigenvalue weighted by Crippen LogP contribution is 2.35. The van der Waals surface area contributed by atoms with Crippen LogP contribution < -0.4 is 10.1 Å². The summed E-state index contributed by atoms with van der Waals surface area (Å²) in [5, 5.41) is 13.1. The number of hydrogen-bond donors (Lipinski definition) is 2. The molecular formula is C20H27NO4. The summed E-state index contributed by atoms with van der Waals surface area (Å²) in [6.45, 7) is 5.45. The second kappa shape index (κ2) is 7.18. The van der Waals surface area contributed by atoms with Crippen LogP contribution in [0.4, 0.5) is 0 Å². The Morgan fingerprint density at radius 2 is 2.12 bits per heavy atom. The van der Waals surface area contributed by atoms with Crippen molar-refractivity contribution in [1.82, 2.24) is 5.32 Å². The van der Waals surface area contributed by atoms with Crippen LogP contribution in [-0.2, 0) is 22.6 Å². The molecule has 0 atom stereocenters. The van der Waals surface area contributed by atoms with E-state index in [4.69, 9.17) is 9.47 Å². The molecule has 25 heavy (non-hydrogen) atoms. The van der Waals surface area contributed by atoms with Gasteiger partial charge in [0.15, 0.2) is 5.78 Å². The Labute approximate surface area is 149 Å². The van der Waals surface area contributed by atoms with Crippen LogP contribution in [0.2, 0.25) is 0 Å². The Morgan fingerprint density at radius 3 is 2.76 bits per heavy atom. The molecule has 1 fully saturated rings. The molecule has 0 saturated carbocycles. The maximum atomic E-state index is 12.7. The lowest BCUT2D eigenvalue weighted by molar-refractivity contribution is -0.120. The van der Waals surface area contributed by atoms with Crippen molar-refractivity contribution >= 4 is 11.5 Å². The van der Waals surface area contributed by atoms with Gasteiger partial charge in [0.2, 0.25) is 0 Å². The third kappa shape index (κ3) is 3.88. The summed E-state index contributed by atoms with van der Waals surface area (Å²) in [4.78, 5) is 12.7. The first-order valence-electron chi connectivity index (χ1n) is 8.86. The molecule has 0 amide bonds. The Morgan fingerprint density at radius 1 is 1.40 bits per heavy atom. The SMILES string of the molecule is COc1cc2c(cc1CO)/C(=C/C(=O)C1CCOCC1)NC(C)(C)C2. The molecule has 1 aromatic rings. The summed E-state index contributed by atoms with van der Waals surface area (Å²) in [5.74, 6) is 0.872. The van der Waals surface area contributed by atoms with Crippen molar-refractivity contribution < 1.29 is 19.4 Å². The van der Waals surface area contributed by atoms with Crippen molar-refractivity contribution in [2.24, 2.45) is 5.92 Å². The monoisotopic (exact) mass is 345 g/mol. The summed E-state index contributed by atoms with van der Waals surface area (Å²) in [7, 11) is 1.61. The number of allylic oxidation sites excluding steroid dienone is 1. The van der Waals surface area contributed by atoms with Gasteiger partial charge in [-0.15, -0.1) is 0 Å². The molecule has 136 valence electrons. The van der Waals surface area contributed by atoms with Crippen LogP contribution in [0, 0.1) is 5.92 Å². The number of carbonyl (C=O) groups excluding carboxylic acids is 1. The van der Waals surface area contributed by atoms with Gasteiger partial charge in [-0.1, -0.05) is 0 Å². The van der Waals surface area contributed by atoms with Gasteiger partial charge in [-0.25, -0.2) is 0 Å². The number of ether oxygens (including phenoxy) is 2. The summed E-state index contributed by atoms with van der Waals surface area (Å²) < 4.78 is 10.8. The highest BCUT2D eigenvalue weighted by Gasteiger charge is 2.30. The molecule has 1 saturated heterocycles. The van der Waals surface area contributed by atoms with Gasteiger partial charge in [0.25, 0.3) is 0 Å². The summed E-state index contributed by atoms with van der Waals surface area (Å²) >= 11 is 0. The van der Waals surface area contributed by atoms with Crippen LogP contribution in [0.1, 0.15) is 43.4 Å². The number of nitrogens with one attached hydrogen (secondary N) is 1. The highest BCUT2D eigenvalue weighted by atomic mass is 16.5. The molecule has 2 aliphatic rings. The van der Waals surface area contributed by atoms with E-state index in [0.29, 0.717) is 19.0 Å². The molecule has 2 aliphatic heterocycles. The van der Waals surface area contributed by atoms with Crippen LogP contribution in [0.25, 0.3) is 5.70 Å². The molecule has 0 bridgehead atoms. The average Bonchev–Trinajstić information content (AvgIpc) is 2.60. The van der Waals surface area contributed by atoms with E-state index >= 15 is 0 Å². The van der Waals surface area contributed by atoms with Gasteiger partial charge in [0, 0.05) is 47.6 Å². The third-order valence-corrected chi connectivity index (χ3v) is 4.98. The van der Waals surface area contributed by atoms with E-state index in [0.717, 1.165) is 41.6 Å². The zero-order valence-electron chi connectivity index (χ0n) is 15.2. The quantitative estimate of drug-likeness (QED) is 0.821. The summed E-state index contributed by atoms with van der Waals surface area (Å²) in [6, 6.07) is 3.91. The maximum absolute atomic E-state index is 12.7. The molecule has 5 heteroatoms. The second-order valence-electron chi connectivity index (χ2n) is 7.51. The van der Waals surface area contributed by atoms with E-state index in [-0.39, 0.29) is 23.8 Å². The molecular weight excluding hydrogens is 318 g/mol. The Hall–Kier alpha value is -1.85. The summed E-state index contributed by atoms with van der Waals surface area (Å²) in [5.41, 5.74) is 3.52. The largest absolute Gasteiger partial charge is 0.496 e. The molecule has 0 unspecified atom stereocenters. The first-order valence-corrected chi connectivity index (χ1v) is 8.86. The zero-order valence-corrected chi connectivity index (χ0v) is 15.2. The number of benzene rings is 1. The maximum Gasteiger partial charge on any atom is 0.161 e. The molecule has 0 radical (unpaired) electrons. The molecule has 2 N–H and O–H groups in total. The Balaban J connectivity index is 1.99. The average molecular weight is 345 g/mol. The minimum absolute atomic E-state index is 0.0344. The topological polar surface area (TPSA) is 67.8 Å². The number of ketones is 1. The van der Waals surface area contributed by atoms with Gasteiger partial charge < -0.3 is 19.9 Å². The van der Waals surface area contributed by atoms with Crippen LogP contribution in [0.3, 0.4) is 0 Å². The van der Waals surface area contributed by atoms with Crippen molar-refractivity contribution in [1.29, 1.82) is 0 Å². The predicted octanol–water partition coefficient (Wildman–Crippen LogP) is 2.45. The van der Waals surface area contributed by atoms with Crippen molar-refractivity contribution in [2.45, 2.75) is 45.3 Å². The van der Waals surface area contributed by atoms with Gasteiger partial charge in [0.1, 0.15) is 5.75 Å². The first kappa shape index (κ1) is 18.0. The molecule has 0 aromatic heterocycles. The van der Waals surface area contributed by atoms with Crippen LogP contribution >= 0.6 is 0 Å². The van der Waals surface area contributed by atoms with Gasteiger partial charge >= 0.3 is 0 Å². The molecule has 0 aliphatic carbocycles. The number of hydrogen-bond acceptors (Lipinski definition) is 5. The fraction of sp³-hybridized carbons (Fsp3) is 0.550. The summed E-state index contributed by atoms with van der Waals surface area (Å²) in [6.07, 6.45) is 4.13. The lowest BCUT2D eigenvalue weighted by Gasteiger charge is -2.36. The van der Waals surface area contributed by atoms with Crippen LogP contribution in [0.5, 0.6) is 5.75 Å². The lowest BCUT2D eigenvalue weighted by Crippen LogP contribution is -2.44. The number of aliphatic hydroxyl groups excluding tert-OH is 1. The predicted molar refractivity (Wildman–Crippen MR) is 96.4 cm³/mol. The van der Waals surface area contributed by atoms with E-state index in [1.807, 2.05) is 12.1 Å². The Bertz CT molecular complexity index is 687. The molecule has 1 aromatic carbocycles. The fourth-order valence-corrected chi connectivity index (χ4v) is 3.69. The van der Waals surface area contributed by atoms with Gasteiger partial charge in [-0.3, -0.25) is 4.79 Å². The zero-order chi connectivity index (χ0) is 18.0. The first-order chi connectivity index (χ1) is 11.9. The fourth-order valence-electron chi connectivity index (χ4n) is 3.69. The molecule has 5 nitrogen and oxygen atoms in total. The molecule has 0 spiro atoms. The number of rotatable bonds is 4. The number of aliphatic hydroxyl groups is 1. The number of methoxy groups -OCH3 is 1. The smallest absolute Gasteiger partial charge is 0.161 e. The van der Waals surface area contributed by atoms with E-state index in [9.17, 15) is 9.90 Å². The van der Waals surface area contributed by atoms with Crippen LogP contribution in [0.15, 0.2) is 18.2 Å². The molecule has 2 heterocycles. The van der Waals surface area contributed by atoms with E-state index in [1.54, 1.807) is 13.2 Å². The standard InChI is InChI=1S/C20H27NO4/c1-20(2)11-14-9-19(24-3)15(12-22)8-16(14)17(21-20)10-18(23)13-4-6-25-7-5-13/h8-10,13,21-22H,4-7,11-12H2,1-3H3/b17-10-. The van der Waals surface area contributed by atoms with Crippen molar-refractivity contribution in [2.75, 3.05) is 20.3 Å². The van der Waals surface area contributed by atoms with E-state index in [1.165, 1.54) is 0 Å². The van der Waals surface area contributed by atoms with Gasteiger partial charge in [-0.05, 0) is 50.8 Å². The number of carbonyl (C=O) groups is 1. The van der Waals surface area contributed by atoms with E-state index < -0.39 is 0 Å². The lowest BCUT2D eigenvalue weighted by atomic mass is 9.84. The minimum Gasteiger partial charge on any atom is -0.496 e. The van der Waals surface area contributed by atoms with Crippen molar-refractivity contribution in [3.05, 3.63) is 34.9 Å². The van der Waals surface area contributed by atoms with Crippen molar-refractivity contribution in [3.63, 3.8) is 0 Å². The Kier molecular flexibility index (Phi) is 5.16. The van der Waals surface area contributed by atoms with Crippen molar-refractivity contribution in [3.8, 4) is 5.75 Å². The number of fused-ring (bicyclic) bond motifs is 1. The third-order valence-electron chi connectivity index (χ3n) is 4.98. The van der Waals surface area contributed by atoms with E-state index in [2.05, 4.69) is 19.2 Å². The minimum atomic E-state index is -0.152. The molecule has 3 rings (SSSR count). The second-order valence-corrected chi connectivity index (χ2v) is 7.51. The van der Waals surface area contributed by atoms with Gasteiger partial charge in [0.05, 0.1) is 13.7 Å². The normalized spacial score (nSPS) is 21.5. The van der Waals surface area contributed by atoms with Crippen LogP contribution in [-0.4, -0.2) is 36.8 Å². The van der Waals surface area contributed by atoms with Gasteiger partial charge in [-0.2, -0.15) is 0 Å².